The predicted octanol–water partition coefficient (Wildman–Crippen LogP) is 4.78. The Morgan fingerprint density at radius 1 is 0.917 bits per heavy atom. The highest BCUT2D eigenvalue weighted by Crippen LogP contribution is 2.30. The molecular weight excluding hydrogens is 347 g/mol. The van der Waals surface area contributed by atoms with Crippen molar-refractivity contribution in [2.24, 2.45) is 0 Å². The van der Waals surface area contributed by atoms with E-state index in [0.717, 1.165) is 5.69 Å². The molecule has 0 saturated heterocycles. The van der Waals surface area contributed by atoms with Crippen LogP contribution in [0.15, 0.2) is 60.9 Å². The Balaban J connectivity index is 1.80. The van der Waals surface area contributed by atoms with E-state index in [2.05, 4.69) is 20.6 Å². The monoisotopic (exact) mass is 358 g/mol. The lowest BCUT2D eigenvalue weighted by atomic mass is 10.3. The van der Waals surface area contributed by atoms with Gasteiger partial charge in [-0.3, -0.25) is 4.79 Å². The maximum Gasteiger partial charge on any atom is 0.274 e. The van der Waals surface area contributed by atoms with Gasteiger partial charge in [0.05, 0.1) is 15.7 Å². The minimum Gasteiger partial charge on any atom is -0.340 e. The summed E-state index contributed by atoms with van der Waals surface area (Å²) in [5, 5.41) is 6.48. The highest BCUT2D eigenvalue weighted by Gasteiger charge is 2.13. The molecule has 0 fully saturated rings. The third-order valence-corrected chi connectivity index (χ3v) is 3.78. The maximum absolute atomic E-state index is 12.4. The third kappa shape index (κ3) is 3.82. The van der Waals surface area contributed by atoms with E-state index in [0.29, 0.717) is 21.6 Å². The number of hydrogen-bond acceptors (Lipinski definition) is 4. The molecule has 0 unspecified atom stereocenters. The number of carbonyl (C=O) groups is 1. The first-order chi connectivity index (χ1) is 11.6. The van der Waals surface area contributed by atoms with Gasteiger partial charge in [0.25, 0.3) is 5.91 Å². The molecule has 0 bridgehead atoms. The normalized spacial score (nSPS) is 10.2. The second-order valence-corrected chi connectivity index (χ2v) is 5.64. The summed E-state index contributed by atoms with van der Waals surface area (Å²) in [5.41, 5.74) is 1.40. The fourth-order valence-corrected chi connectivity index (χ4v) is 2.51. The van der Waals surface area contributed by atoms with Crippen LogP contribution in [0, 0.1) is 0 Å². The van der Waals surface area contributed by atoms with E-state index in [1.165, 1.54) is 6.33 Å². The summed E-state index contributed by atoms with van der Waals surface area (Å²) in [6.45, 7) is 0. The Hall–Kier alpha value is -2.63. The quantitative estimate of drug-likeness (QED) is 0.704. The van der Waals surface area contributed by atoms with Crippen molar-refractivity contribution in [3.63, 3.8) is 0 Å². The van der Waals surface area contributed by atoms with E-state index in [4.69, 9.17) is 23.2 Å². The van der Waals surface area contributed by atoms with Gasteiger partial charge in [0.15, 0.2) is 0 Å². The van der Waals surface area contributed by atoms with Crippen LogP contribution in [0.3, 0.4) is 0 Å². The second-order valence-electron chi connectivity index (χ2n) is 4.83. The van der Waals surface area contributed by atoms with E-state index in [1.54, 1.807) is 24.3 Å². The van der Waals surface area contributed by atoms with Gasteiger partial charge in [-0.25, -0.2) is 9.97 Å². The summed E-state index contributed by atoms with van der Waals surface area (Å²) in [6.07, 6.45) is 1.31. The Morgan fingerprint density at radius 2 is 1.62 bits per heavy atom. The molecule has 3 aromatic rings. The lowest BCUT2D eigenvalue weighted by Gasteiger charge is -2.10. The van der Waals surface area contributed by atoms with Crippen LogP contribution < -0.4 is 10.6 Å². The number of carbonyl (C=O) groups excluding carboxylic acids is 1. The summed E-state index contributed by atoms with van der Waals surface area (Å²) in [6, 6.07) is 16.0. The van der Waals surface area contributed by atoms with Crippen LogP contribution in [0.2, 0.25) is 10.0 Å². The van der Waals surface area contributed by atoms with Crippen molar-refractivity contribution in [3.05, 3.63) is 76.7 Å². The van der Waals surface area contributed by atoms with Gasteiger partial charge in [0.1, 0.15) is 17.8 Å². The summed E-state index contributed by atoms with van der Waals surface area (Å²) in [5.74, 6) is 0.0788. The van der Waals surface area contributed by atoms with Crippen LogP contribution in [0.5, 0.6) is 0 Å². The number of rotatable bonds is 4. The molecule has 1 heterocycles. The van der Waals surface area contributed by atoms with E-state index in [1.807, 2.05) is 30.3 Å². The standard InChI is InChI=1S/C17H12Cl2N4O/c18-12-7-4-8-13(19)16(12)23-17(24)14-9-15(21-10-20-14)22-11-5-2-1-3-6-11/h1-10H,(H,23,24)(H,20,21,22). The highest BCUT2D eigenvalue weighted by molar-refractivity contribution is 6.40. The largest absolute Gasteiger partial charge is 0.340 e. The van der Waals surface area contributed by atoms with Gasteiger partial charge >= 0.3 is 0 Å². The lowest BCUT2D eigenvalue weighted by molar-refractivity contribution is 0.102. The van der Waals surface area contributed by atoms with E-state index in [9.17, 15) is 4.79 Å². The minimum absolute atomic E-state index is 0.194. The fourth-order valence-electron chi connectivity index (χ4n) is 2.01. The van der Waals surface area contributed by atoms with E-state index >= 15 is 0 Å². The molecule has 5 nitrogen and oxygen atoms in total. The average molecular weight is 359 g/mol. The molecule has 0 aliphatic rings. The molecule has 2 aromatic carbocycles. The molecule has 0 saturated carbocycles. The highest BCUT2D eigenvalue weighted by atomic mass is 35.5. The van der Waals surface area contributed by atoms with Gasteiger partial charge in [-0.05, 0) is 24.3 Å². The van der Waals surface area contributed by atoms with Crippen LogP contribution in [-0.4, -0.2) is 15.9 Å². The molecule has 120 valence electrons. The number of benzene rings is 2. The van der Waals surface area contributed by atoms with Gasteiger partial charge in [-0.2, -0.15) is 0 Å². The first kappa shape index (κ1) is 16.2. The molecule has 2 N–H and O–H groups in total. The Kier molecular flexibility index (Phi) is 4.93. The molecule has 1 amide bonds. The van der Waals surface area contributed by atoms with Gasteiger partial charge < -0.3 is 10.6 Å². The molecule has 0 aliphatic heterocycles. The predicted molar refractivity (Wildman–Crippen MR) is 96.2 cm³/mol. The number of aromatic nitrogens is 2. The second kappa shape index (κ2) is 7.29. The summed E-state index contributed by atoms with van der Waals surface area (Å²) in [7, 11) is 0. The van der Waals surface area contributed by atoms with E-state index in [-0.39, 0.29) is 5.69 Å². The first-order valence-corrected chi connectivity index (χ1v) is 7.78. The van der Waals surface area contributed by atoms with Crippen molar-refractivity contribution in [2.45, 2.75) is 0 Å². The molecule has 0 spiro atoms. The SMILES string of the molecule is O=C(Nc1c(Cl)cccc1Cl)c1cc(Nc2ccccc2)ncn1. The van der Waals surface area contributed by atoms with Crippen molar-refractivity contribution >= 4 is 46.3 Å². The van der Waals surface area contributed by atoms with Crippen molar-refractivity contribution < 1.29 is 4.79 Å². The van der Waals surface area contributed by atoms with Gasteiger partial charge in [-0.1, -0.05) is 47.5 Å². The van der Waals surface area contributed by atoms with E-state index < -0.39 is 5.91 Å². The maximum atomic E-state index is 12.4. The van der Waals surface area contributed by atoms with Crippen LogP contribution in [0.1, 0.15) is 10.5 Å². The molecule has 0 aliphatic carbocycles. The number of halogens is 2. The van der Waals surface area contributed by atoms with Crippen molar-refractivity contribution in [2.75, 3.05) is 10.6 Å². The molecule has 1 aromatic heterocycles. The van der Waals surface area contributed by atoms with Gasteiger partial charge in [-0.15, -0.1) is 0 Å². The zero-order valence-electron chi connectivity index (χ0n) is 12.3. The molecule has 24 heavy (non-hydrogen) atoms. The first-order valence-electron chi connectivity index (χ1n) is 7.03. The van der Waals surface area contributed by atoms with Crippen LogP contribution >= 0.6 is 23.2 Å². The van der Waals surface area contributed by atoms with Crippen LogP contribution in [0.4, 0.5) is 17.2 Å². The fraction of sp³-hybridized carbons (Fsp3) is 0. The molecule has 0 atom stereocenters. The van der Waals surface area contributed by atoms with Crippen molar-refractivity contribution in [1.82, 2.24) is 9.97 Å². The summed E-state index contributed by atoms with van der Waals surface area (Å²) < 4.78 is 0. The number of nitrogens with zero attached hydrogens (tertiary/aromatic N) is 2. The number of para-hydroxylation sites is 2. The number of nitrogens with one attached hydrogen (secondary N) is 2. The average Bonchev–Trinajstić information content (AvgIpc) is 2.59. The van der Waals surface area contributed by atoms with Gasteiger partial charge in [0.2, 0.25) is 0 Å². The molecule has 7 heteroatoms. The Labute approximate surface area is 148 Å². The van der Waals surface area contributed by atoms with Crippen LogP contribution in [-0.2, 0) is 0 Å². The molecule has 0 radical (unpaired) electrons. The zero-order chi connectivity index (χ0) is 16.9. The van der Waals surface area contributed by atoms with Crippen molar-refractivity contribution in [1.29, 1.82) is 0 Å². The number of amides is 1. The summed E-state index contributed by atoms with van der Waals surface area (Å²) in [4.78, 5) is 20.5. The smallest absolute Gasteiger partial charge is 0.274 e. The molecule has 3 rings (SSSR count). The topological polar surface area (TPSA) is 66.9 Å². The lowest BCUT2D eigenvalue weighted by Crippen LogP contribution is -2.15. The Morgan fingerprint density at radius 3 is 2.33 bits per heavy atom. The minimum atomic E-state index is -0.427. The zero-order valence-corrected chi connectivity index (χ0v) is 13.8. The summed E-state index contributed by atoms with van der Waals surface area (Å²) >= 11 is 12.1. The van der Waals surface area contributed by atoms with Crippen molar-refractivity contribution in [3.8, 4) is 0 Å². The van der Waals surface area contributed by atoms with Gasteiger partial charge in [0, 0.05) is 11.8 Å². The number of hydrogen-bond donors (Lipinski definition) is 2. The number of anilines is 3. The third-order valence-electron chi connectivity index (χ3n) is 3.15. The Bertz CT molecular complexity index is 851. The molecular formula is C17H12Cl2N4O. The van der Waals surface area contributed by atoms with Crippen LogP contribution in [0.25, 0.3) is 0 Å².